The van der Waals surface area contributed by atoms with E-state index in [0.29, 0.717) is 55.6 Å². The van der Waals surface area contributed by atoms with Crippen LogP contribution in [0.3, 0.4) is 0 Å². The zero-order chi connectivity index (χ0) is 21.6. The third-order valence-corrected chi connectivity index (χ3v) is 5.35. The molecule has 1 N–H and O–H groups in total. The van der Waals surface area contributed by atoms with Crippen LogP contribution in [0.5, 0.6) is 0 Å². The van der Waals surface area contributed by atoms with Gasteiger partial charge in [-0.2, -0.15) is 0 Å². The van der Waals surface area contributed by atoms with Gasteiger partial charge in [-0.25, -0.2) is 14.4 Å². The monoisotopic (exact) mass is 419 g/mol. The van der Waals surface area contributed by atoms with E-state index in [0.717, 1.165) is 12.0 Å². The maximum Gasteiger partial charge on any atom is 0.256 e. The molecule has 4 rings (SSSR count). The standard InChI is InChI=1S/C24H26FN5O/c1-2-12-26-24(31)19-17-27-22(18-8-4-3-5-9-18)28-23(19)30-15-13-29(14-16-30)21-11-7-6-10-20(21)25/h3-11,17H,2,12-16H2,1H3,(H,26,31). The lowest BCUT2D eigenvalue weighted by molar-refractivity contribution is 0.0953. The number of halogens is 1. The fourth-order valence-corrected chi connectivity index (χ4v) is 3.70. The van der Waals surface area contributed by atoms with Crippen LogP contribution in [0.4, 0.5) is 15.9 Å². The SMILES string of the molecule is CCCNC(=O)c1cnc(-c2ccccc2)nc1N1CCN(c2ccccc2F)CC1. The van der Waals surface area contributed by atoms with Gasteiger partial charge in [0.1, 0.15) is 17.2 Å². The molecule has 3 aromatic rings. The highest BCUT2D eigenvalue weighted by Gasteiger charge is 2.25. The normalized spacial score (nSPS) is 13.9. The van der Waals surface area contributed by atoms with Crippen molar-refractivity contribution in [3.8, 4) is 11.4 Å². The Balaban J connectivity index is 1.60. The van der Waals surface area contributed by atoms with Gasteiger partial charge in [-0.15, -0.1) is 0 Å². The van der Waals surface area contributed by atoms with E-state index < -0.39 is 0 Å². The summed E-state index contributed by atoms with van der Waals surface area (Å²) in [5, 5.41) is 2.92. The number of benzene rings is 2. The summed E-state index contributed by atoms with van der Waals surface area (Å²) in [6, 6.07) is 16.5. The number of hydrogen-bond donors (Lipinski definition) is 1. The van der Waals surface area contributed by atoms with Crippen molar-refractivity contribution in [2.24, 2.45) is 0 Å². The maximum absolute atomic E-state index is 14.2. The third kappa shape index (κ3) is 4.66. The number of carbonyl (C=O) groups excluding carboxylic acids is 1. The number of nitrogens with zero attached hydrogens (tertiary/aromatic N) is 4. The Morgan fingerprint density at radius 3 is 2.39 bits per heavy atom. The number of piperazine rings is 1. The average molecular weight is 420 g/mol. The van der Waals surface area contributed by atoms with E-state index in [1.54, 1.807) is 18.3 Å². The quantitative estimate of drug-likeness (QED) is 0.659. The number of hydrogen-bond acceptors (Lipinski definition) is 5. The summed E-state index contributed by atoms with van der Waals surface area (Å²) >= 11 is 0. The van der Waals surface area contributed by atoms with Gasteiger partial charge in [0, 0.05) is 44.5 Å². The van der Waals surface area contributed by atoms with Crippen LogP contribution in [-0.2, 0) is 0 Å². The average Bonchev–Trinajstić information content (AvgIpc) is 2.83. The minimum atomic E-state index is -0.219. The van der Waals surface area contributed by atoms with Crippen LogP contribution >= 0.6 is 0 Å². The Hall–Kier alpha value is -3.48. The van der Waals surface area contributed by atoms with E-state index in [1.807, 2.05) is 48.2 Å². The summed E-state index contributed by atoms with van der Waals surface area (Å²) < 4.78 is 14.2. The van der Waals surface area contributed by atoms with Crippen molar-refractivity contribution in [1.82, 2.24) is 15.3 Å². The molecule has 1 aliphatic heterocycles. The molecule has 2 heterocycles. The molecule has 31 heavy (non-hydrogen) atoms. The highest BCUT2D eigenvalue weighted by molar-refractivity contribution is 5.99. The molecular weight excluding hydrogens is 393 g/mol. The van der Waals surface area contributed by atoms with Crippen LogP contribution in [0.15, 0.2) is 60.8 Å². The number of rotatable bonds is 6. The molecule has 0 atom stereocenters. The molecule has 1 saturated heterocycles. The van der Waals surface area contributed by atoms with Gasteiger partial charge in [-0.3, -0.25) is 4.79 Å². The molecule has 1 aromatic heterocycles. The Bertz CT molecular complexity index is 1040. The van der Waals surface area contributed by atoms with Gasteiger partial charge in [0.2, 0.25) is 0 Å². The molecule has 0 aliphatic carbocycles. The molecule has 0 saturated carbocycles. The first kappa shape index (κ1) is 20.8. The summed E-state index contributed by atoms with van der Waals surface area (Å²) in [7, 11) is 0. The fourth-order valence-electron chi connectivity index (χ4n) is 3.70. The topological polar surface area (TPSA) is 61.4 Å². The van der Waals surface area contributed by atoms with E-state index in [4.69, 9.17) is 4.98 Å². The van der Waals surface area contributed by atoms with E-state index >= 15 is 0 Å². The Morgan fingerprint density at radius 2 is 1.68 bits per heavy atom. The van der Waals surface area contributed by atoms with Crippen molar-refractivity contribution < 1.29 is 9.18 Å². The van der Waals surface area contributed by atoms with Gasteiger partial charge in [0.15, 0.2) is 5.82 Å². The summed E-state index contributed by atoms with van der Waals surface area (Å²) in [6.45, 7) is 5.16. The number of nitrogens with one attached hydrogen (secondary N) is 1. The largest absolute Gasteiger partial charge is 0.366 e. The van der Waals surface area contributed by atoms with Crippen molar-refractivity contribution in [3.63, 3.8) is 0 Å². The van der Waals surface area contributed by atoms with Gasteiger partial charge in [0.05, 0.1) is 5.69 Å². The highest BCUT2D eigenvalue weighted by Crippen LogP contribution is 2.26. The molecule has 0 radical (unpaired) electrons. The van der Waals surface area contributed by atoms with Crippen LogP contribution in [0.1, 0.15) is 23.7 Å². The molecule has 160 valence electrons. The van der Waals surface area contributed by atoms with E-state index in [2.05, 4.69) is 15.2 Å². The zero-order valence-electron chi connectivity index (χ0n) is 17.6. The second kappa shape index (κ2) is 9.55. The Labute approximate surface area is 181 Å². The molecule has 7 heteroatoms. The molecule has 1 fully saturated rings. The number of para-hydroxylation sites is 1. The first-order chi connectivity index (χ1) is 15.2. The van der Waals surface area contributed by atoms with Crippen LogP contribution in [0.25, 0.3) is 11.4 Å². The van der Waals surface area contributed by atoms with Crippen molar-refractivity contribution >= 4 is 17.4 Å². The second-order valence-corrected chi connectivity index (χ2v) is 7.48. The van der Waals surface area contributed by atoms with Gasteiger partial charge >= 0.3 is 0 Å². The van der Waals surface area contributed by atoms with Crippen molar-refractivity contribution in [2.45, 2.75) is 13.3 Å². The molecule has 1 aliphatic rings. The first-order valence-electron chi connectivity index (χ1n) is 10.6. The predicted molar refractivity (Wildman–Crippen MR) is 121 cm³/mol. The molecule has 0 spiro atoms. The molecule has 0 bridgehead atoms. The van der Waals surface area contributed by atoms with Crippen molar-refractivity contribution in [1.29, 1.82) is 0 Å². The second-order valence-electron chi connectivity index (χ2n) is 7.48. The fraction of sp³-hybridized carbons (Fsp3) is 0.292. The van der Waals surface area contributed by atoms with Crippen molar-refractivity contribution in [3.05, 3.63) is 72.2 Å². The smallest absolute Gasteiger partial charge is 0.256 e. The minimum Gasteiger partial charge on any atom is -0.366 e. The number of anilines is 2. The number of carbonyl (C=O) groups is 1. The van der Waals surface area contributed by atoms with Crippen LogP contribution in [0.2, 0.25) is 0 Å². The van der Waals surface area contributed by atoms with Crippen LogP contribution in [-0.4, -0.2) is 48.6 Å². The molecular formula is C24H26FN5O. The lowest BCUT2D eigenvalue weighted by Gasteiger charge is -2.37. The molecule has 0 unspecified atom stereocenters. The number of amides is 1. The minimum absolute atomic E-state index is 0.173. The zero-order valence-corrected chi connectivity index (χ0v) is 17.6. The van der Waals surface area contributed by atoms with Gasteiger partial charge in [-0.05, 0) is 18.6 Å². The highest BCUT2D eigenvalue weighted by atomic mass is 19.1. The Morgan fingerprint density at radius 1 is 1.00 bits per heavy atom. The summed E-state index contributed by atoms with van der Waals surface area (Å²) in [5.41, 5.74) is 1.97. The van der Waals surface area contributed by atoms with Crippen LogP contribution in [0, 0.1) is 5.82 Å². The maximum atomic E-state index is 14.2. The van der Waals surface area contributed by atoms with Gasteiger partial charge < -0.3 is 15.1 Å². The molecule has 1 amide bonds. The number of aromatic nitrogens is 2. The van der Waals surface area contributed by atoms with Crippen LogP contribution < -0.4 is 15.1 Å². The van der Waals surface area contributed by atoms with Crippen molar-refractivity contribution in [2.75, 3.05) is 42.5 Å². The first-order valence-corrected chi connectivity index (χ1v) is 10.6. The van der Waals surface area contributed by atoms with E-state index in [1.165, 1.54) is 6.07 Å². The third-order valence-electron chi connectivity index (χ3n) is 5.35. The Kier molecular flexibility index (Phi) is 6.40. The lowest BCUT2D eigenvalue weighted by atomic mass is 10.1. The summed E-state index contributed by atoms with van der Waals surface area (Å²) in [4.78, 5) is 26.1. The molecule has 6 nitrogen and oxygen atoms in total. The van der Waals surface area contributed by atoms with Gasteiger partial charge in [0.25, 0.3) is 5.91 Å². The summed E-state index contributed by atoms with van der Waals surface area (Å²) in [5.74, 6) is 0.812. The summed E-state index contributed by atoms with van der Waals surface area (Å²) in [6.07, 6.45) is 2.46. The van der Waals surface area contributed by atoms with Gasteiger partial charge in [-0.1, -0.05) is 49.4 Å². The molecule has 2 aromatic carbocycles. The predicted octanol–water partition coefficient (Wildman–Crippen LogP) is 3.75. The van der Waals surface area contributed by atoms with E-state index in [-0.39, 0.29) is 11.7 Å². The van der Waals surface area contributed by atoms with E-state index in [9.17, 15) is 9.18 Å². The lowest BCUT2D eigenvalue weighted by Crippen LogP contribution is -2.47.